The van der Waals surface area contributed by atoms with Crippen molar-refractivity contribution in [1.82, 2.24) is 10.2 Å². The van der Waals surface area contributed by atoms with Gasteiger partial charge in [-0.05, 0) is 71.3 Å². The summed E-state index contributed by atoms with van der Waals surface area (Å²) in [5, 5.41) is 13.2. The van der Waals surface area contributed by atoms with Gasteiger partial charge in [0, 0.05) is 18.6 Å². The maximum Gasteiger partial charge on any atom is 0.108 e. The first-order valence-electron chi connectivity index (χ1n) is 8.51. The lowest BCUT2D eigenvalue weighted by Crippen LogP contribution is -2.55. The fraction of sp³-hybridized carbons (Fsp3) is 0.941. The maximum absolute atomic E-state index is 9.68. The second-order valence-electron chi connectivity index (χ2n) is 7.18. The first-order chi connectivity index (χ1) is 9.58. The summed E-state index contributed by atoms with van der Waals surface area (Å²) in [6.45, 7) is 9.03. The Morgan fingerprint density at radius 2 is 2.10 bits per heavy atom. The SMILES string of the molecule is CCCN(CC1CC1)C1CCCC(C#N)(NC(C)C)C1. The summed E-state index contributed by atoms with van der Waals surface area (Å²) in [6.07, 6.45) is 8.54. The standard InChI is InChI=1S/C17H31N3/c1-4-10-20(12-15-7-8-15)16-6-5-9-17(11-16,13-18)19-14(2)3/h14-16,19H,4-12H2,1-3H3. The summed E-state index contributed by atoms with van der Waals surface area (Å²) in [4.78, 5) is 2.69. The number of hydrogen-bond acceptors (Lipinski definition) is 3. The molecule has 2 fully saturated rings. The molecule has 2 rings (SSSR count). The molecule has 1 N–H and O–H groups in total. The summed E-state index contributed by atoms with van der Waals surface area (Å²) >= 11 is 0. The molecule has 3 nitrogen and oxygen atoms in total. The van der Waals surface area contributed by atoms with Crippen LogP contribution in [0, 0.1) is 17.2 Å². The summed E-state index contributed by atoms with van der Waals surface area (Å²) in [5.74, 6) is 0.943. The maximum atomic E-state index is 9.68. The first-order valence-corrected chi connectivity index (χ1v) is 8.51. The van der Waals surface area contributed by atoms with Crippen molar-refractivity contribution in [3.8, 4) is 6.07 Å². The van der Waals surface area contributed by atoms with E-state index in [1.165, 1.54) is 45.2 Å². The van der Waals surface area contributed by atoms with Crippen LogP contribution in [-0.2, 0) is 0 Å². The quantitative estimate of drug-likeness (QED) is 0.776. The number of hydrogen-bond donors (Lipinski definition) is 1. The molecule has 20 heavy (non-hydrogen) atoms. The number of nitrogens with zero attached hydrogens (tertiary/aromatic N) is 2. The molecule has 2 aliphatic rings. The fourth-order valence-corrected chi connectivity index (χ4v) is 3.72. The monoisotopic (exact) mass is 277 g/mol. The smallest absolute Gasteiger partial charge is 0.108 e. The second kappa shape index (κ2) is 6.91. The predicted molar refractivity (Wildman–Crippen MR) is 83.5 cm³/mol. The van der Waals surface area contributed by atoms with E-state index in [0.29, 0.717) is 12.1 Å². The van der Waals surface area contributed by atoms with E-state index in [9.17, 15) is 5.26 Å². The van der Waals surface area contributed by atoms with E-state index < -0.39 is 0 Å². The van der Waals surface area contributed by atoms with Crippen LogP contribution in [0.4, 0.5) is 0 Å². The Hall–Kier alpha value is -0.590. The van der Waals surface area contributed by atoms with E-state index in [0.717, 1.165) is 18.8 Å². The zero-order valence-electron chi connectivity index (χ0n) is 13.5. The van der Waals surface area contributed by atoms with E-state index in [4.69, 9.17) is 0 Å². The van der Waals surface area contributed by atoms with Gasteiger partial charge in [-0.3, -0.25) is 5.32 Å². The van der Waals surface area contributed by atoms with Crippen molar-refractivity contribution in [2.45, 2.75) is 83.3 Å². The predicted octanol–water partition coefficient (Wildman–Crippen LogP) is 3.31. The molecule has 0 aromatic carbocycles. The average molecular weight is 277 g/mol. The van der Waals surface area contributed by atoms with Crippen molar-refractivity contribution in [3.05, 3.63) is 0 Å². The Labute approximate surface area is 124 Å². The lowest BCUT2D eigenvalue weighted by atomic mass is 9.78. The van der Waals surface area contributed by atoms with Gasteiger partial charge in [0.2, 0.25) is 0 Å². The van der Waals surface area contributed by atoms with Gasteiger partial charge in [-0.25, -0.2) is 0 Å². The third kappa shape index (κ3) is 4.20. The minimum Gasteiger partial charge on any atom is -0.300 e. The molecule has 0 bridgehead atoms. The van der Waals surface area contributed by atoms with Crippen molar-refractivity contribution >= 4 is 0 Å². The number of nitriles is 1. The summed E-state index contributed by atoms with van der Waals surface area (Å²) in [5.41, 5.74) is -0.285. The van der Waals surface area contributed by atoms with Gasteiger partial charge in [0.25, 0.3) is 0 Å². The van der Waals surface area contributed by atoms with Crippen LogP contribution in [0.5, 0.6) is 0 Å². The Bertz CT molecular complexity index is 343. The number of nitrogens with one attached hydrogen (secondary N) is 1. The van der Waals surface area contributed by atoms with E-state index >= 15 is 0 Å². The number of rotatable bonds is 7. The van der Waals surface area contributed by atoms with Crippen molar-refractivity contribution < 1.29 is 0 Å². The highest BCUT2D eigenvalue weighted by molar-refractivity contribution is 5.11. The highest BCUT2D eigenvalue weighted by atomic mass is 15.2. The fourth-order valence-electron chi connectivity index (χ4n) is 3.72. The molecule has 0 aliphatic heterocycles. The van der Waals surface area contributed by atoms with Crippen LogP contribution in [0.15, 0.2) is 0 Å². The molecule has 0 amide bonds. The summed E-state index contributed by atoms with van der Waals surface area (Å²) in [6, 6.07) is 3.60. The van der Waals surface area contributed by atoms with E-state index in [-0.39, 0.29) is 5.54 Å². The van der Waals surface area contributed by atoms with E-state index in [1.54, 1.807) is 0 Å². The Morgan fingerprint density at radius 3 is 2.65 bits per heavy atom. The summed E-state index contributed by atoms with van der Waals surface area (Å²) < 4.78 is 0. The van der Waals surface area contributed by atoms with E-state index in [2.05, 4.69) is 37.1 Å². The van der Waals surface area contributed by atoms with Crippen molar-refractivity contribution in [1.29, 1.82) is 5.26 Å². The third-order valence-corrected chi connectivity index (χ3v) is 4.72. The molecule has 0 spiro atoms. The minimum atomic E-state index is -0.285. The zero-order chi connectivity index (χ0) is 14.6. The van der Waals surface area contributed by atoms with E-state index in [1.807, 2.05) is 0 Å². The average Bonchev–Trinajstić information content (AvgIpc) is 3.22. The van der Waals surface area contributed by atoms with Gasteiger partial charge in [0.15, 0.2) is 0 Å². The molecule has 2 unspecified atom stereocenters. The molecule has 114 valence electrons. The van der Waals surface area contributed by atoms with Gasteiger partial charge in [0.1, 0.15) is 5.54 Å². The normalized spacial score (nSPS) is 30.7. The van der Waals surface area contributed by atoms with Crippen LogP contribution in [0.2, 0.25) is 0 Å². The molecule has 0 heterocycles. The Kier molecular flexibility index (Phi) is 5.46. The molecule has 3 heteroatoms. The van der Waals surface area contributed by atoms with Gasteiger partial charge in [-0.2, -0.15) is 5.26 Å². The summed E-state index contributed by atoms with van der Waals surface area (Å²) in [7, 11) is 0. The molecule has 2 saturated carbocycles. The van der Waals surface area contributed by atoms with Crippen molar-refractivity contribution in [2.24, 2.45) is 5.92 Å². The molecule has 2 aliphatic carbocycles. The van der Waals surface area contributed by atoms with Crippen molar-refractivity contribution in [2.75, 3.05) is 13.1 Å². The first kappa shape index (κ1) is 15.8. The third-order valence-electron chi connectivity index (χ3n) is 4.72. The van der Waals surface area contributed by atoms with Gasteiger partial charge >= 0.3 is 0 Å². The van der Waals surface area contributed by atoms with Crippen LogP contribution in [0.1, 0.15) is 65.7 Å². The molecular weight excluding hydrogens is 246 g/mol. The molecule has 0 radical (unpaired) electrons. The van der Waals surface area contributed by atoms with Crippen molar-refractivity contribution in [3.63, 3.8) is 0 Å². The van der Waals surface area contributed by atoms with Crippen LogP contribution in [-0.4, -0.2) is 35.6 Å². The molecular formula is C17H31N3. The molecule has 0 aromatic heterocycles. The minimum absolute atomic E-state index is 0.285. The van der Waals surface area contributed by atoms with Gasteiger partial charge < -0.3 is 4.90 Å². The molecule has 2 atom stereocenters. The topological polar surface area (TPSA) is 39.1 Å². The Balaban J connectivity index is 2.00. The molecule has 0 saturated heterocycles. The van der Waals surface area contributed by atoms with Gasteiger partial charge in [-0.1, -0.05) is 6.92 Å². The Morgan fingerprint density at radius 1 is 1.35 bits per heavy atom. The largest absolute Gasteiger partial charge is 0.300 e. The molecule has 0 aromatic rings. The highest BCUT2D eigenvalue weighted by Crippen LogP contribution is 2.35. The highest BCUT2D eigenvalue weighted by Gasteiger charge is 2.39. The van der Waals surface area contributed by atoms with Crippen LogP contribution in [0.25, 0.3) is 0 Å². The van der Waals surface area contributed by atoms with Crippen LogP contribution < -0.4 is 5.32 Å². The lowest BCUT2D eigenvalue weighted by Gasteiger charge is -2.42. The van der Waals surface area contributed by atoms with Gasteiger partial charge in [-0.15, -0.1) is 0 Å². The van der Waals surface area contributed by atoms with Gasteiger partial charge in [0.05, 0.1) is 6.07 Å². The second-order valence-corrected chi connectivity index (χ2v) is 7.18. The van der Waals surface area contributed by atoms with Crippen LogP contribution >= 0.6 is 0 Å². The zero-order valence-corrected chi connectivity index (χ0v) is 13.5. The lowest BCUT2D eigenvalue weighted by molar-refractivity contribution is 0.111. The van der Waals surface area contributed by atoms with Crippen LogP contribution in [0.3, 0.4) is 0 Å².